The van der Waals surface area contributed by atoms with Crippen LogP contribution in [0.2, 0.25) is 0 Å². The number of aromatic nitrogens is 2. The van der Waals surface area contributed by atoms with Gasteiger partial charge in [-0.3, -0.25) is 4.90 Å². The lowest BCUT2D eigenvalue weighted by Gasteiger charge is -2.33. The average molecular weight is 352 g/mol. The molecule has 0 radical (unpaired) electrons. The van der Waals surface area contributed by atoms with Gasteiger partial charge in [0.15, 0.2) is 0 Å². The first-order chi connectivity index (χ1) is 12.8. The minimum atomic E-state index is 0.500. The van der Waals surface area contributed by atoms with Gasteiger partial charge in [-0.25, -0.2) is 4.63 Å². The zero-order valence-electron chi connectivity index (χ0n) is 15.0. The van der Waals surface area contributed by atoms with Crippen molar-refractivity contribution in [1.82, 2.24) is 20.5 Å². The molecule has 6 nitrogen and oxygen atoms in total. The Kier molecular flexibility index (Phi) is 5.13. The topological polar surface area (TPSA) is 63.4 Å². The molecule has 1 aliphatic rings. The summed E-state index contributed by atoms with van der Waals surface area (Å²) in [5, 5.41) is 11.5. The van der Waals surface area contributed by atoms with E-state index >= 15 is 0 Å². The fourth-order valence-corrected chi connectivity index (χ4v) is 3.59. The van der Waals surface area contributed by atoms with E-state index < -0.39 is 0 Å². The first kappa shape index (κ1) is 17.0. The monoisotopic (exact) mass is 352 g/mol. The van der Waals surface area contributed by atoms with Crippen LogP contribution in [0.3, 0.4) is 0 Å². The normalized spacial score (nSPS) is 18.3. The highest BCUT2D eigenvalue weighted by Crippen LogP contribution is 2.18. The molecule has 1 unspecified atom stereocenters. The van der Waals surface area contributed by atoms with Crippen LogP contribution in [-0.2, 0) is 13.1 Å². The maximum atomic E-state index is 5.33. The summed E-state index contributed by atoms with van der Waals surface area (Å²) in [6.07, 6.45) is 2.43. The van der Waals surface area contributed by atoms with Gasteiger partial charge in [-0.15, -0.1) is 0 Å². The largest absolute Gasteiger partial charge is 0.497 e. The van der Waals surface area contributed by atoms with Gasteiger partial charge in [0.2, 0.25) is 0 Å². The van der Waals surface area contributed by atoms with Crippen LogP contribution in [0.1, 0.15) is 24.0 Å². The molecular formula is C20H24N4O2. The molecule has 1 aromatic heterocycles. The fraction of sp³-hybridized carbons (Fsp3) is 0.400. The Labute approximate surface area is 153 Å². The molecule has 6 heteroatoms. The predicted molar refractivity (Wildman–Crippen MR) is 99.9 cm³/mol. The highest BCUT2D eigenvalue weighted by molar-refractivity contribution is 5.73. The van der Waals surface area contributed by atoms with Crippen molar-refractivity contribution in [2.24, 2.45) is 0 Å². The Balaban J connectivity index is 1.32. The SMILES string of the molecule is COc1cccc(CN2CCCC(NCc3ccc4nonc4c3)C2)c1. The van der Waals surface area contributed by atoms with E-state index in [2.05, 4.69) is 44.8 Å². The van der Waals surface area contributed by atoms with Crippen molar-refractivity contribution >= 4 is 11.0 Å². The highest BCUT2D eigenvalue weighted by Gasteiger charge is 2.19. The molecule has 0 bridgehead atoms. The van der Waals surface area contributed by atoms with E-state index in [1.54, 1.807) is 7.11 Å². The van der Waals surface area contributed by atoms with Crippen LogP contribution in [0.15, 0.2) is 47.1 Å². The van der Waals surface area contributed by atoms with Gasteiger partial charge in [-0.1, -0.05) is 18.2 Å². The van der Waals surface area contributed by atoms with E-state index in [0.717, 1.165) is 43.0 Å². The molecule has 4 rings (SSSR count). The van der Waals surface area contributed by atoms with Gasteiger partial charge >= 0.3 is 0 Å². The quantitative estimate of drug-likeness (QED) is 0.736. The van der Waals surface area contributed by atoms with E-state index in [1.165, 1.54) is 24.0 Å². The lowest BCUT2D eigenvalue weighted by Crippen LogP contribution is -2.45. The van der Waals surface area contributed by atoms with Crippen LogP contribution in [0.25, 0.3) is 11.0 Å². The summed E-state index contributed by atoms with van der Waals surface area (Å²) in [5.41, 5.74) is 4.12. The Morgan fingerprint density at radius 1 is 1.15 bits per heavy atom. The van der Waals surface area contributed by atoms with Crippen molar-refractivity contribution in [3.63, 3.8) is 0 Å². The van der Waals surface area contributed by atoms with Gasteiger partial charge in [0.1, 0.15) is 16.8 Å². The summed E-state index contributed by atoms with van der Waals surface area (Å²) in [6.45, 7) is 4.00. The standard InChI is InChI=1S/C20H24N4O2/c1-25-18-6-2-4-16(10-18)13-24-9-3-5-17(14-24)21-12-15-7-8-19-20(11-15)23-26-22-19/h2,4,6-8,10-11,17,21H,3,5,9,12-14H2,1H3. The molecule has 1 N–H and O–H groups in total. The van der Waals surface area contributed by atoms with Crippen molar-refractivity contribution in [3.05, 3.63) is 53.6 Å². The Morgan fingerprint density at radius 2 is 2.08 bits per heavy atom. The van der Waals surface area contributed by atoms with Crippen LogP contribution < -0.4 is 10.1 Å². The van der Waals surface area contributed by atoms with Gasteiger partial charge < -0.3 is 10.1 Å². The van der Waals surface area contributed by atoms with Gasteiger partial charge in [-0.2, -0.15) is 0 Å². The summed E-state index contributed by atoms with van der Waals surface area (Å²) in [5.74, 6) is 0.923. The molecule has 1 fully saturated rings. The van der Waals surface area contributed by atoms with Crippen molar-refractivity contribution in [3.8, 4) is 5.75 Å². The Hall–Kier alpha value is -2.44. The van der Waals surface area contributed by atoms with Crippen LogP contribution in [-0.4, -0.2) is 41.5 Å². The summed E-state index contributed by atoms with van der Waals surface area (Å²) < 4.78 is 10.1. The number of hydrogen-bond donors (Lipinski definition) is 1. The Morgan fingerprint density at radius 3 is 3.00 bits per heavy atom. The van der Waals surface area contributed by atoms with Gasteiger partial charge in [-0.05, 0) is 65.1 Å². The third-order valence-electron chi connectivity index (χ3n) is 4.96. The summed E-state index contributed by atoms with van der Waals surface area (Å²) >= 11 is 0. The van der Waals surface area contributed by atoms with E-state index in [4.69, 9.17) is 9.37 Å². The van der Waals surface area contributed by atoms with Crippen LogP contribution in [0, 0.1) is 0 Å². The van der Waals surface area contributed by atoms with E-state index in [9.17, 15) is 0 Å². The van der Waals surface area contributed by atoms with E-state index in [1.807, 2.05) is 18.2 Å². The molecule has 26 heavy (non-hydrogen) atoms. The van der Waals surface area contributed by atoms with Crippen molar-refractivity contribution in [2.45, 2.75) is 32.0 Å². The summed E-state index contributed by atoms with van der Waals surface area (Å²) in [4.78, 5) is 2.51. The van der Waals surface area contributed by atoms with Crippen molar-refractivity contribution < 1.29 is 9.37 Å². The number of ether oxygens (including phenoxy) is 1. The first-order valence-corrected chi connectivity index (χ1v) is 9.10. The lowest BCUT2D eigenvalue weighted by atomic mass is 10.0. The molecular weight excluding hydrogens is 328 g/mol. The molecule has 2 heterocycles. The number of methoxy groups -OCH3 is 1. The van der Waals surface area contributed by atoms with Crippen LogP contribution in [0.5, 0.6) is 5.75 Å². The van der Waals surface area contributed by atoms with Gasteiger partial charge in [0.25, 0.3) is 0 Å². The number of nitrogens with one attached hydrogen (secondary N) is 1. The number of benzene rings is 2. The predicted octanol–water partition coefficient (Wildman–Crippen LogP) is 2.99. The number of hydrogen-bond acceptors (Lipinski definition) is 6. The van der Waals surface area contributed by atoms with E-state index in [-0.39, 0.29) is 0 Å². The lowest BCUT2D eigenvalue weighted by molar-refractivity contribution is 0.182. The molecule has 1 saturated heterocycles. The van der Waals surface area contributed by atoms with Crippen LogP contribution >= 0.6 is 0 Å². The maximum Gasteiger partial charge on any atom is 0.135 e. The molecule has 2 aromatic carbocycles. The van der Waals surface area contributed by atoms with Crippen molar-refractivity contribution in [2.75, 3.05) is 20.2 Å². The van der Waals surface area contributed by atoms with Crippen LogP contribution in [0.4, 0.5) is 0 Å². The minimum absolute atomic E-state index is 0.500. The third kappa shape index (κ3) is 4.03. The second kappa shape index (κ2) is 7.85. The number of rotatable bonds is 6. The van der Waals surface area contributed by atoms with Crippen molar-refractivity contribution in [1.29, 1.82) is 0 Å². The fourth-order valence-electron chi connectivity index (χ4n) is 3.59. The first-order valence-electron chi connectivity index (χ1n) is 9.10. The molecule has 3 aromatic rings. The summed E-state index contributed by atoms with van der Waals surface area (Å²) in [7, 11) is 1.71. The molecule has 1 atom stereocenters. The zero-order chi connectivity index (χ0) is 17.8. The molecule has 0 spiro atoms. The molecule has 136 valence electrons. The average Bonchev–Trinajstić information content (AvgIpc) is 3.15. The Bertz CT molecular complexity index is 864. The van der Waals surface area contributed by atoms with E-state index in [0.29, 0.717) is 6.04 Å². The smallest absolute Gasteiger partial charge is 0.135 e. The number of piperidine rings is 1. The number of fused-ring (bicyclic) bond motifs is 1. The second-order valence-electron chi connectivity index (χ2n) is 6.89. The molecule has 0 aliphatic carbocycles. The molecule has 0 saturated carbocycles. The minimum Gasteiger partial charge on any atom is -0.497 e. The van der Waals surface area contributed by atoms with Gasteiger partial charge in [0.05, 0.1) is 7.11 Å². The highest BCUT2D eigenvalue weighted by atomic mass is 16.6. The molecule has 1 aliphatic heterocycles. The molecule has 0 amide bonds. The maximum absolute atomic E-state index is 5.33. The number of nitrogens with zero attached hydrogens (tertiary/aromatic N) is 3. The van der Waals surface area contributed by atoms with Gasteiger partial charge in [0, 0.05) is 25.7 Å². The zero-order valence-corrected chi connectivity index (χ0v) is 15.0. The number of likely N-dealkylation sites (tertiary alicyclic amines) is 1. The summed E-state index contributed by atoms with van der Waals surface area (Å²) in [6, 6.07) is 14.9. The second-order valence-corrected chi connectivity index (χ2v) is 6.89. The third-order valence-corrected chi connectivity index (χ3v) is 4.96.